The average Bonchev–Trinajstić information content (AvgIpc) is 2.51. The van der Waals surface area contributed by atoms with Gasteiger partial charge in [-0.05, 0) is 13.0 Å². The molecule has 0 aliphatic heterocycles. The van der Waals surface area contributed by atoms with Gasteiger partial charge < -0.3 is 9.67 Å². The molecule has 1 atom stereocenters. The molecule has 0 radical (unpaired) electrons. The van der Waals surface area contributed by atoms with Gasteiger partial charge in [-0.3, -0.25) is 4.79 Å². The Labute approximate surface area is 87.6 Å². The van der Waals surface area contributed by atoms with E-state index in [0.29, 0.717) is 0 Å². The lowest BCUT2D eigenvalue weighted by Crippen LogP contribution is -2.38. The molecule has 6 nitrogen and oxygen atoms in total. The normalized spacial score (nSPS) is 13.7. The number of rotatable bonds is 4. The zero-order valence-corrected chi connectivity index (χ0v) is 9.15. The van der Waals surface area contributed by atoms with Crippen molar-refractivity contribution >= 4 is 16.0 Å². The first-order valence-corrected chi connectivity index (χ1v) is 5.68. The largest absolute Gasteiger partial charge is 0.480 e. The molecule has 0 aromatic carbocycles. The van der Waals surface area contributed by atoms with Crippen LogP contribution in [0.2, 0.25) is 0 Å². The molecule has 84 valence electrons. The van der Waals surface area contributed by atoms with Gasteiger partial charge in [0, 0.05) is 19.4 Å². The van der Waals surface area contributed by atoms with Gasteiger partial charge in [0.15, 0.2) is 0 Å². The first-order valence-electron chi connectivity index (χ1n) is 4.20. The monoisotopic (exact) mass is 232 g/mol. The third-order valence-electron chi connectivity index (χ3n) is 1.82. The number of carboxylic acid groups (broad SMARTS) is 1. The van der Waals surface area contributed by atoms with Crippen LogP contribution >= 0.6 is 0 Å². The predicted octanol–water partition coefficient (Wildman–Crippen LogP) is -0.224. The maximum absolute atomic E-state index is 11.6. The summed E-state index contributed by atoms with van der Waals surface area (Å²) in [6.45, 7) is 1.27. The van der Waals surface area contributed by atoms with Gasteiger partial charge in [-0.15, -0.1) is 0 Å². The van der Waals surface area contributed by atoms with E-state index in [9.17, 15) is 13.2 Å². The summed E-state index contributed by atoms with van der Waals surface area (Å²) in [6.07, 6.45) is 2.97. The minimum atomic E-state index is -3.74. The Bertz CT molecular complexity index is 463. The molecule has 0 amide bonds. The fourth-order valence-corrected chi connectivity index (χ4v) is 2.24. The van der Waals surface area contributed by atoms with Crippen LogP contribution in [-0.4, -0.2) is 30.1 Å². The highest BCUT2D eigenvalue weighted by Crippen LogP contribution is 2.08. The standard InChI is InChI=1S/C8H12N2O4S/c1-6(8(11)12)9-15(13,14)7-3-4-10(2)5-7/h3-6,9H,1-2H3,(H,11,12). The summed E-state index contributed by atoms with van der Waals surface area (Å²) < 4.78 is 26.8. The van der Waals surface area contributed by atoms with Gasteiger partial charge in [0.25, 0.3) is 0 Å². The van der Waals surface area contributed by atoms with Crippen molar-refractivity contribution in [3.05, 3.63) is 18.5 Å². The van der Waals surface area contributed by atoms with E-state index in [1.165, 1.54) is 19.2 Å². The van der Waals surface area contributed by atoms with Crippen molar-refractivity contribution in [3.8, 4) is 0 Å². The van der Waals surface area contributed by atoms with Crippen LogP contribution in [-0.2, 0) is 21.9 Å². The van der Waals surface area contributed by atoms with Crippen molar-refractivity contribution in [2.45, 2.75) is 17.9 Å². The Morgan fingerprint density at radius 1 is 1.60 bits per heavy atom. The zero-order chi connectivity index (χ0) is 11.6. The van der Waals surface area contributed by atoms with Crippen LogP contribution < -0.4 is 4.72 Å². The Morgan fingerprint density at radius 2 is 2.20 bits per heavy atom. The van der Waals surface area contributed by atoms with Gasteiger partial charge >= 0.3 is 5.97 Å². The van der Waals surface area contributed by atoms with Crippen molar-refractivity contribution in [1.82, 2.24) is 9.29 Å². The molecule has 0 bridgehead atoms. The third kappa shape index (κ3) is 2.80. The summed E-state index contributed by atoms with van der Waals surface area (Å²) in [5.74, 6) is -1.21. The highest BCUT2D eigenvalue weighted by molar-refractivity contribution is 7.89. The van der Waals surface area contributed by atoms with Gasteiger partial charge in [0.2, 0.25) is 10.0 Å². The van der Waals surface area contributed by atoms with Gasteiger partial charge in [0.05, 0.1) is 4.90 Å². The molecule has 7 heteroatoms. The van der Waals surface area contributed by atoms with E-state index in [-0.39, 0.29) is 4.90 Å². The Kier molecular flexibility index (Phi) is 3.15. The number of nitrogens with one attached hydrogen (secondary N) is 1. The quantitative estimate of drug-likeness (QED) is 0.751. The Hall–Kier alpha value is -1.34. The molecule has 0 aliphatic carbocycles. The average molecular weight is 232 g/mol. The number of aliphatic carboxylic acids is 1. The van der Waals surface area contributed by atoms with E-state index < -0.39 is 22.0 Å². The minimum absolute atomic E-state index is 0.0538. The predicted molar refractivity (Wildman–Crippen MR) is 52.8 cm³/mol. The lowest BCUT2D eigenvalue weighted by Gasteiger charge is -2.08. The lowest BCUT2D eigenvalue weighted by molar-refractivity contribution is -0.138. The molecule has 1 aromatic rings. The van der Waals surface area contributed by atoms with Crippen molar-refractivity contribution in [3.63, 3.8) is 0 Å². The summed E-state index contributed by atoms with van der Waals surface area (Å²) in [5, 5.41) is 8.57. The van der Waals surface area contributed by atoms with Crippen molar-refractivity contribution in [2.24, 2.45) is 7.05 Å². The topological polar surface area (TPSA) is 88.4 Å². The molecule has 1 heterocycles. The fraction of sp³-hybridized carbons (Fsp3) is 0.375. The van der Waals surface area contributed by atoms with E-state index in [4.69, 9.17) is 5.11 Å². The van der Waals surface area contributed by atoms with E-state index in [1.807, 2.05) is 4.72 Å². The summed E-state index contributed by atoms with van der Waals surface area (Å²) in [4.78, 5) is 10.5. The van der Waals surface area contributed by atoms with E-state index in [1.54, 1.807) is 17.8 Å². The maximum atomic E-state index is 11.6. The highest BCUT2D eigenvalue weighted by Gasteiger charge is 2.21. The second kappa shape index (κ2) is 4.03. The second-order valence-corrected chi connectivity index (χ2v) is 4.91. The third-order valence-corrected chi connectivity index (χ3v) is 3.34. The number of carbonyl (C=O) groups is 1. The minimum Gasteiger partial charge on any atom is -0.480 e. The molecule has 0 saturated carbocycles. The van der Waals surface area contributed by atoms with Crippen molar-refractivity contribution < 1.29 is 18.3 Å². The van der Waals surface area contributed by atoms with Gasteiger partial charge in [-0.2, -0.15) is 4.72 Å². The van der Waals surface area contributed by atoms with Crippen LogP contribution in [0.25, 0.3) is 0 Å². The van der Waals surface area contributed by atoms with Gasteiger partial charge in [0.1, 0.15) is 6.04 Å². The van der Waals surface area contributed by atoms with Crippen molar-refractivity contribution in [1.29, 1.82) is 0 Å². The van der Waals surface area contributed by atoms with E-state index >= 15 is 0 Å². The SMILES string of the molecule is CC(NS(=O)(=O)c1ccn(C)c1)C(=O)O. The van der Waals surface area contributed by atoms with Crippen LogP contribution in [0.5, 0.6) is 0 Å². The first kappa shape index (κ1) is 11.7. The van der Waals surface area contributed by atoms with Crippen LogP contribution in [0.15, 0.2) is 23.4 Å². The van der Waals surface area contributed by atoms with Crippen LogP contribution in [0.3, 0.4) is 0 Å². The summed E-state index contributed by atoms with van der Waals surface area (Å²) in [5.41, 5.74) is 0. The maximum Gasteiger partial charge on any atom is 0.321 e. The van der Waals surface area contributed by atoms with Gasteiger partial charge in [-0.1, -0.05) is 0 Å². The molecule has 15 heavy (non-hydrogen) atoms. The van der Waals surface area contributed by atoms with Crippen LogP contribution in [0.4, 0.5) is 0 Å². The molecule has 0 aliphatic rings. The first-order chi connectivity index (χ1) is 6.83. The smallest absolute Gasteiger partial charge is 0.321 e. The number of hydrogen-bond donors (Lipinski definition) is 2. The Morgan fingerprint density at radius 3 is 2.60 bits per heavy atom. The Balaban J connectivity index is 2.90. The van der Waals surface area contributed by atoms with Crippen molar-refractivity contribution in [2.75, 3.05) is 0 Å². The number of sulfonamides is 1. The molecule has 1 unspecified atom stereocenters. The van der Waals surface area contributed by atoms with Crippen LogP contribution in [0.1, 0.15) is 6.92 Å². The summed E-state index contributed by atoms with van der Waals surface area (Å²) in [6, 6.07) is 0.256. The van der Waals surface area contributed by atoms with E-state index in [2.05, 4.69) is 0 Å². The zero-order valence-electron chi connectivity index (χ0n) is 8.34. The number of aryl methyl sites for hydroxylation is 1. The number of hydrogen-bond acceptors (Lipinski definition) is 3. The molecule has 2 N–H and O–H groups in total. The molecule has 0 spiro atoms. The number of aromatic nitrogens is 1. The van der Waals surface area contributed by atoms with E-state index in [0.717, 1.165) is 0 Å². The van der Waals surface area contributed by atoms with Crippen LogP contribution in [0, 0.1) is 0 Å². The summed E-state index contributed by atoms with van der Waals surface area (Å²) >= 11 is 0. The lowest BCUT2D eigenvalue weighted by atomic mass is 10.4. The second-order valence-electron chi connectivity index (χ2n) is 3.19. The molecule has 1 rings (SSSR count). The molecule has 0 saturated heterocycles. The molecular weight excluding hydrogens is 220 g/mol. The summed E-state index contributed by atoms with van der Waals surface area (Å²) in [7, 11) is -2.06. The molecule has 0 fully saturated rings. The fourth-order valence-electron chi connectivity index (χ4n) is 0.988. The molecular formula is C8H12N2O4S. The number of carboxylic acids is 1. The highest BCUT2D eigenvalue weighted by atomic mass is 32.2. The molecule has 1 aromatic heterocycles. The number of nitrogens with zero attached hydrogens (tertiary/aromatic N) is 1. The van der Waals surface area contributed by atoms with Gasteiger partial charge in [-0.25, -0.2) is 8.42 Å².